The van der Waals surface area contributed by atoms with Gasteiger partial charge in [0.25, 0.3) is 0 Å². The number of hydrogen-bond donors (Lipinski definition) is 1. The van der Waals surface area contributed by atoms with Crippen LogP contribution in [0.5, 0.6) is 0 Å². The third kappa shape index (κ3) is 2.27. The minimum Gasteiger partial charge on any atom is -0.338 e. The molecule has 1 aromatic rings. The molecule has 0 radical (unpaired) electrons. The van der Waals surface area contributed by atoms with E-state index in [1.54, 1.807) is 4.90 Å². The third-order valence-corrected chi connectivity index (χ3v) is 5.79. The van der Waals surface area contributed by atoms with Crippen molar-refractivity contribution < 1.29 is 13.2 Å². The molecule has 1 amide bonds. The smallest absolute Gasteiger partial charge is 0.227 e. The molecule has 2 aliphatic heterocycles. The maximum absolute atomic E-state index is 12.4. The Labute approximate surface area is 112 Å². The first-order valence-corrected chi connectivity index (χ1v) is 8.30. The van der Waals surface area contributed by atoms with E-state index in [1.807, 2.05) is 6.92 Å². The Hall–Kier alpha value is -1.37. The van der Waals surface area contributed by atoms with Crippen LogP contribution in [0.1, 0.15) is 23.4 Å². The van der Waals surface area contributed by atoms with Crippen LogP contribution < -0.4 is 0 Å². The summed E-state index contributed by atoms with van der Waals surface area (Å²) in [7, 11) is -3.00. The minimum absolute atomic E-state index is 0.0135. The number of nitrogens with one attached hydrogen (secondary N) is 1. The molecule has 0 spiro atoms. The molecule has 1 aromatic heterocycles. The lowest BCUT2D eigenvalue weighted by Gasteiger charge is -2.28. The highest BCUT2D eigenvalue weighted by molar-refractivity contribution is 7.91. The van der Waals surface area contributed by atoms with E-state index >= 15 is 0 Å². The van der Waals surface area contributed by atoms with E-state index in [2.05, 4.69) is 10.2 Å². The minimum atomic E-state index is -3.00. The van der Waals surface area contributed by atoms with Crippen molar-refractivity contribution in [2.45, 2.75) is 26.3 Å². The van der Waals surface area contributed by atoms with Crippen LogP contribution in [0.4, 0.5) is 0 Å². The van der Waals surface area contributed by atoms with E-state index in [0.29, 0.717) is 19.5 Å². The van der Waals surface area contributed by atoms with Crippen molar-refractivity contribution >= 4 is 15.7 Å². The van der Waals surface area contributed by atoms with Gasteiger partial charge in [0, 0.05) is 30.8 Å². The molecule has 0 aromatic carbocycles. The van der Waals surface area contributed by atoms with Gasteiger partial charge in [-0.05, 0) is 13.3 Å². The summed E-state index contributed by atoms with van der Waals surface area (Å²) in [6.07, 6.45) is 1.21. The zero-order valence-corrected chi connectivity index (χ0v) is 11.7. The van der Waals surface area contributed by atoms with Crippen molar-refractivity contribution in [1.82, 2.24) is 15.1 Å². The van der Waals surface area contributed by atoms with Crippen LogP contribution in [-0.2, 0) is 27.6 Å². The van der Waals surface area contributed by atoms with Crippen LogP contribution in [0.25, 0.3) is 0 Å². The molecule has 1 N–H and O–H groups in total. The number of nitrogens with zero attached hydrogens (tertiary/aromatic N) is 2. The van der Waals surface area contributed by atoms with Crippen molar-refractivity contribution in [3.8, 4) is 0 Å². The molecule has 104 valence electrons. The van der Waals surface area contributed by atoms with E-state index in [-0.39, 0.29) is 23.3 Å². The summed E-state index contributed by atoms with van der Waals surface area (Å²) >= 11 is 0. The Balaban J connectivity index is 1.75. The number of aromatic nitrogens is 2. The third-order valence-electron chi connectivity index (χ3n) is 4.02. The molecule has 0 bridgehead atoms. The molecule has 7 heteroatoms. The maximum atomic E-state index is 12.4. The molecular formula is C12H17N3O3S. The van der Waals surface area contributed by atoms with E-state index in [0.717, 1.165) is 23.4 Å². The summed E-state index contributed by atoms with van der Waals surface area (Å²) in [5, 5.41) is 7.15. The summed E-state index contributed by atoms with van der Waals surface area (Å²) in [6.45, 7) is 3.12. The van der Waals surface area contributed by atoms with Gasteiger partial charge in [-0.15, -0.1) is 0 Å². The van der Waals surface area contributed by atoms with Crippen molar-refractivity contribution in [2.24, 2.45) is 5.92 Å². The zero-order chi connectivity index (χ0) is 13.6. The summed E-state index contributed by atoms with van der Waals surface area (Å²) in [6, 6.07) is 0. The van der Waals surface area contributed by atoms with Gasteiger partial charge in [0.1, 0.15) is 0 Å². The highest BCUT2D eigenvalue weighted by Gasteiger charge is 2.36. The van der Waals surface area contributed by atoms with Crippen LogP contribution in [0.3, 0.4) is 0 Å². The molecule has 1 atom stereocenters. The number of carbonyl (C=O) groups is 1. The van der Waals surface area contributed by atoms with E-state index in [1.165, 1.54) is 0 Å². The molecule has 3 heterocycles. The van der Waals surface area contributed by atoms with Gasteiger partial charge in [0.15, 0.2) is 9.84 Å². The fraction of sp³-hybridized carbons (Fsp3) is 0.667. The van der Waals surface area contributed by atoms with Crippen LogP contribution in [0, 0.1) is 12.8 Å². The molecule has 6 nitrogen and oxygen atoms in total. The monoisotopic (exact) mass is 283 g/mol. The number of fused-ring (bicyclic) bond motifs is 1. The molecule has 1 saturated heterocycles. The molecule has 3 rings (SSSR count). The number of sulfone groups is 1. The van der Waals surface area contributed by atoms with Crippen LogP contribution in [0.15, 0.2) is 0 Å². The molecule has 19 heavy (non-hydrogen) atoms. The largest absolute Gasteiger partial charge is 0.338 e. The predicted octanol–water partition coefficient (Wildman–Crippen LogP) is 0.0375. The summed E-state index contributed by atoms with van der Waals surface area (Å²) in [5.74, 6) is -0.210. The highest BCUT2D eigenvalue weighted by atomic mass is 32.2. The van der Waals surface area contributed by atoms with Gasteiger partial charge in [-0.1, -0.05) is 0 Å². The van der Waals surface area contributed by atoms with Gasteiger partial charge >= 0.3 is 0 Å². The van der Waals surface area contributed by atoms with Gasteiger partial charge in [-0.3, -0.25) is 9.89 Å². The topological polar surface area (TPSA) is 83.1 Å². The van der Waals surface area contributed by atoms with Crippen LogP contribution in [0.2, 0.25) is 0 Å². The molecule has 1 fully saturated rings. The van der Waals surface area contributed by atoms with E-state index in [4.69, 9.17) is 0 Å². The second-order valence-corrected chi connectivity index (χ2v) is 7.61. The molecule has 0 aliphatic carbocycles. The number of aryl methyl sites for hydroxylation is 1. The fourth-order valence-electron chi connectivity index (χ4n) is 2.87. The second-order valence-electron chi connectivity index (χ2n) is 5.38. The average molecular weight is 283 g/mol. The van der Waals surface area contributed by atoms with E-state index < -0.39 is 9.84 Å². The average Bonchev–Trinajstić information content (AvgIpc) is 2.92. The molecular weight excluding hydrogens is 266 g/mol. The Morgan fingerprint density at radius 3 is 2.95 bits per heavy atom. The number of rotatable bonds is 1. The molecule has 2 aliphatic rings. The Bertz CT molecular complexity index is 620. The second kappa shape index (κ2) is 4.33. The lowest BCUT2D eigenvalue weighted by atomic mass is 10.0. The standard InChI is InChI=1S/C12H17N3O3S/c1-8-10-6-15(4-2-11(10)14-13-8)12(16)9-3-5-19(17,18)7-9/h9H,2-7H2,1H3,(H,13,14). The van der Waals surface area contributed by atoms with Crippen LogP contribution in [-0.4, -0.2) is 47.5 Å². The first-order valence-electron chi connectivity index (χ1n) is 6.48. The summed E-state index contributed by atoms with van der Waals surface area (Å²) < 4.78 is 22.9. The summed E-state index contributed by atoms with van der Waals surface area (Å²) in [4.78, 5) is 14.1. The Morgan fingerprint density at radius 1 is 1.47 bits per heavy atom. The van der Waals surface area contributed by atoms with Crippen molar-refractivity contribution in [2.75, 3.05) is 18.1 Å². The summed E-state index contributed by atoms with van der Waals surface area (Å²) in [5.41, 5.74) is 3.10. The number of carbonyl (C=O) groups excluding carboxylic acids is 1. The Morgan fingerprint density at radius 2 is 2.26 bits per heavy atom. The normalized spacial score (nSPS) is 25.3. The number of aromatic amines is 1. The SMILES string of the molecule is Cc1[nH]nc2c1CN(C(=O)C1CCS(=O)(=O)C1)CC2. The first-order chi connectivity index (χ1) is 8.96. The lowest BCUT2D eigenvalue weighted by Crippen LogP contribution is -2.40. The molecule has 0 saturated carbocycles. The number of hydrogen-bond acceptors (Lipinski definition) is 4. The Kier molecular flexibility index (Phi) is 2.88. The van der Waals surface area contributed by atoms with Crippen molar-refractivity contribution in [3.05, 3.63) is 17.0 Å². The molecule has 1 unspecified atom stereocenters. The number of H-pyrrole nitrogens is 1. The highest BCUT2D eigenvalue weighted by Crippen LogP contribution is 2.25. The van der Waals surface area contributed by atoms with Gasteiger partial charge in [0.2, 0.25) is 5.91 Å². The van der Waals surface area contributed by atoms with Gasteiger partial charge in [0.05, 0.1) is 23.1 Å². The number of amides is 1. The van der Waals surface area contributed by atoms with Gasteiger partial charge < -0.3 is 4.90 Å². The van der Waals surface area contributed by atoms with Gasteiger partial charge in [-0.2, -0.15) is 5.10 Å². The van der Waals surface area contributed by atoms with E-state index in [9.17, 15) is 13.2 Å². The maximum Gasteiger partial charge on any atom is 0.227 e. The van der Waals surface area contributed by atoms with Crippen molar-refractivity contribution in [3.63, 3.8) is 0 Å². The first kappa shape index (κ1) is 12.7. The quantitative estimate of drug-likeness (QED) is 0.788. The lowest BCUT2D eigenvalue weighted by molar-refractivity contribution is -0.135. The fourth-order valence-corrected chi connectivity index (χ4v) is 4.60. The zero-order valence-electron chi connectivity index (χ0n) is 10.8. The van der Waals surface area contributed by atoms with Gasteiger partial charge in [-0.25, -0.2) is 8.42 Å². The van der Waals surface area contributed by atoms with Crippen LogP contribution >= 0.6 is 0 Å². The van der Waals surface area contributed by atoms with Crippen molar-refractivity contribution in [1.29, 1.82) is 0 Å². The predicted molar refractivity (Wildman–Crippen MR) is 69.2 cm³/mol.